The lowest BCUT2D eigenvalue weighted by Gasteiger charge is -2.43. The number of hydrogen-bond donors (Lipinski definition) is 2. The molecule has 2 aromatic rings. The van der Waals surface area contributed by atoms with Crippen molar-refractivity contribution in [1.29, 1.82) is 0 Å². The van der Waals surface area contributed by atoms with E-state index < -0.39 is 9.49 Å². The maximum atomic E-state index is 12.3. The van der Waals surface area contributed by atoms with E-state index in [-0.39, 0.29) is 11.8 Å². The molecule has 0 aliphatic carbocycles. The minimum absolute atomic E-state index is 0.192. The summed E-state index contributed by atoms with van der Waals surface area (Å²) in [4.78, 5) is 44.3. The first-order valence-electron chi connectivity index (χ1n) is 17.7. The fourth-order valence-corrected chi connectivity index (χ4v) is 9.15. The Hall–Kier alpha value is -2.73. The van der Waals surface area contributed by atoms with E-state index >= 15 is 0 Å². The molecule has 0 unspecified atom stereocenters. The quantitative estimate of drug-likeness (QED) is 0.304. The zero-order valence-electron chi connectivity index (χ0n) is 29.6. The van der Waals surface area contributed by atoms with E-state index in [9.17, 15) is 9.59 Å². The van der Waals surface area contributed by atoms with E-state index in [1.807, 2.05) is 12.3 Å². The number of carbonyl (C=O) groups is 2. The Balaban J connectivity index is 0.000000195. The SMILES string of the molecule is CCc1ccc(N2CCN(SC3(C(N)=O)CCOCC3)CC2)nc1.COCCN1CCC(SN2CCN(c3ncccn3)CC2)(C(N)=O)CC1. The standard InChI is InChI=1S/C17H28N6O2S.C17H26N4O2S/c1-25-14-13-21-7-3-17(4-8-21,15(18)24)26-23-11-9-22(10-12-23)16-19-5-2-6-20-16;1-2-14-3-4-15(19-13-14)20-7-9-21(10-8-20)24-17(16(18)22)5-11-23-12-6-17/h2,5-6H,3-4,7-14H2,1H3,(H2,18,24);3-4,13H,2,5-12H2,1H3,(H2,18,22). The summed E-state index contributed by atoms with van der Waals surface area (Å²) in [7, 11) is 1.72. The van der Waals surface area contributed by atoms with Crippen molar-refractivity contribution in [3.8, 4) is 0 Å². The van der Waals surface area contributed by atoms with Crippen LogP contribution >= 0.6 is 23.9 Å². The van der Waals surface area contributed by atoms with Gasteiger partial charge in [0, 0.05) is 111 Å². The van der Waals surface area contributed by atoms with Gasteiger partial charge >= 0.3 is 0 Å². The van der Waals surface area contributed by atoms with Gasteiger partial charge in [0.1, 0.15) is 15.3 Å². The van der Waals surface area contributed by atoms with Crippen LogP contribution in [0.5, 0.6) is 0 Å². The van der Waals surface area contributed by atoms with Gasteiger partial charge in [-0.3, -0.25) is 9.59 Å². The van der Waals surface area contributed by atoms with Crippen molar-refractivity contribution in [3.05, 3.63) is 42.4 Å². The molecule has 4 N–H and O–H groups in total. The maximum Gasteiger partial charge on any atom is 0.235 e. The number of primary amides is 2. The minimum Gasteiger partial charge on any atom is -0.383 e. The average Bonchev–Trinajstić information content (AvgIpc) is 3.16. The second-order valence-corrected chi connectivity index (χ2v) is 16.1. The summed E-state index contributed by atoms with van der Waals surface area (Å²) in [6.45, 7) is 13.8. The van der Waals surface area contributed by atoms with Gasteiger partial charge < -0.3 is 35.6 Å². The molecular formula is C34H54N10O4S2. The fraction of sp³-hybridized carbons (Fsp3) is 0.676. The van der Waals surface area contributed by atoms with Crippen LogP contribution in [0.3, 0.4) is 0 Å². The third kappa shape index (κ3) is 10.2. The maximum absolute atomic E-state index is 12.3. The molecule has 0 atom stereocenters. The topological polar surface area (TPSA) is 160 Å². The van der Waals surface area contributed by atoms with Crippen LogP contribution < -0.4 is 21.3 Å². The molecule has 4 saturated heterocycles. The van der Waals surface area contributed by atoms with Gasteiger partial charge in [0.05, 0.1) is 6.61 Å². The number of likely N-dealkylation sites (tertiary alicyclic amines) is 1. The molecule has 4 aliphatic heterocycles. The third-order valence-corrected chi connectivity index (χ3v) is 13.1. The highest BCUT2D eigenvalue weighted by molar-refractivity contribution is 7.99. The molecule has 0 aromatic carbocycles. The molecule has 2 aromatic heterocycles. The van der Waals surface area contributed by atoms with Crippen molar-refractivity contribution < 1.29 is 19.1 Å². The Morgan fingerprint density at radius 2 is 1.36 bits per heavy atom. The summed E-state index contributed by atoms with van der Waals surface area (Å²) in [5.41, 5.74) is 12.8. The second kappa shape index (κ2) is 18.7. The highest BCUT2D eigenvalue weighted by atomic mass is 32.2. The van der Waals surface area contributed by atoms with Gasteiger partial charge in [-0.15, -0.1) is 0 Å². The third-order valence-electron chi connectivity index (χ3n) is 9.94. The lowest BCUT2D eigenvalue weighted by Crippen LogP contribution is -2.54. The van der Waals surface area contributed by atoms with Gasteiger partial charge in [-0.1, -0.05) is 36.9 Å². The van der Waals surface area contributed by atoms with Crippen molar-refractivity contribution in [3.63, 3.8) is 0 Å². The number of methoxy groups -OCH3 is 1. The zero-order chi connectivity index (χ0) is 35.4. The largest absolute Gasteiger partial charge is 0.383 e. The summed E-state index contributed by atoms with van der Waals surface area (Å²) in [5, 5.41) is 0. The number of ether oxygens (including phenoxy) is 2. The lowest BCUT2D eigenvalue weighted by atomic mass is 9.95. The van der Waals surface area contributed by atoms with Gasteiger partial charge in [0.15, 0.2) is 0 Å². The van der Waals surface area contributed by atoms with Crippen LogP contribution in [0.25, 0.3) is 0 Å². The molecule has 0 saturated carbocycles. The van der Waals surface area contributed by atoms with Crippen LogP contribution in [0.1, 0.15) is 38.2 Å². The summed E-state index contributed by atoms with van der Waals surface area (Å²) in [6.07, 6.45) is 9.49. The predicted molar refractivity (Wildman–Crippen MR) is 200 cm³/mol. The number of piperazine rings is 2. The van der Waals surface area contributed by atoms with Crippen molar-refractivity contribution >= 4 is 47.5 Å². The summed E-state index contributed by atoms with van der Waals surface area (Å²) >= 11 is 3.29. The average molecular weight is 731 g/mol. The summed E-state index contributed by atoms with van der Waals surface area (Å²) in [6, 6.07) is 6.07. The number of aryl methyl sites for hydroxylation is 1. The molecule has 50 heavy (non-hydrogen) atoms. The number of carbonyl (C=O) groups excluding carboxylic acids is 2. The van der Waals surface area contributed by atoms with E-state index in [0.717, 1.165) is 110 Å². The first-order chi connectivity index (χ1) is 24.3. The first-order valence-corrected chi connectivity index (χ1v) is 19.3. The Bertz CT molecular complexity index is 1330. The molecule has 0 bridgehead atoms. The zero-order valence-corrected chi connectivity index (χ0v) is 31.2. The van der Waals surface area contributed by atoms with Crippen LogP contribution in [0.4, 0.5) is 11.8 Å². The van der Waals surface area contributed by atoms with Gasteiger partial charge in [-0.2, -0.15) is 0 Å². The predicted octanol–water partition coefficient (Wildman–Crippen LogP) is 1.66. The van der Waals surface area contributed by atoms with Crippen LogP contribution in [0, 0.1) is 0 Å². The molecule has 0 spiro atoms. The smallest absolute Gasteiger partial charge is 0.235 e. The van der Waals surface area contributed by atoms with Crippen molar-refractivity contribution in [1.82, 2.24) is 28.5 Å². The molecule has 6 heterocycles. The number of pyridine rings is 1. The molecule has 0 radical (unpaired) electrons. The highest BCUT2D eigenvalue weighted by Crippen LogP contribution is 2.39. The highest BCUT2D eigenvalue weighted by Gasteiger charge is 2.43. The summed E-state index contributed by atoms with van der Waals surface area (Å²) in [5.74, 6) is 1.40. The molecule has 4 aliphatic rings. The Morgan fingerprint density at radius 3 is 1.86 bits per heavy atom. The minimum atomic E-state index is -0.499. The van der Waals surface area contributed by atoms with Gasteiger partial charge in [0.25, 0.3) is 0 Å². The normalized spacial score (nSPS) is 21.6. The molecule has 276 valence electrons. The molecule has 14 nitrogen and oxygen atoms in total. The summed E-state index contributed by atoms with van der Waals surface area (Å²) < 4.78 is 14.1. The number of rotatable bonds is 12. The Kier molecular flexibility index (Phi) is 14.4. The van der Waals surface area contributed by atoms with Crippen molar-refractivity contribution in [2.75, 3.05) is 109 Å². The fourth-order valence-electron chi connectivity index (χ4n) is 6.57. The number of nitrogens with zero attached hydrogens (tertiary/aromatic N) is 8. The van der Waals surface area contributed by atoms with Crippen LogP contribution in [0.2, 0.25) is 0 Å². The number of piperidine rings is 1. The first kappa shape index (κ1) is 38.5. The number of aromatic nitrogens is 3. The Labute approximate surface area is 305 Å². The Morgan fingerprint density at radius 1 is 0.800 bits per heavy atom. The van der Waals surface area contributed by atoms with Crippen LogP contribution in [-0.2, 0) is 25.5 Å². The second-order valence-electron chi connectivity index (χ2n) is 13.1. The van der Waals surface area contributed by atoms with Crippen molar-refractivity contribution in [2.45, 2.75) is 48.5 Å². The van der Waals surface area contributed by atoms with E-state index in [1.54, 1.807) is 43.4 Å². The van der Waals surface area contributed by atoms with E-state index in [0.29, 0.717) is 26.1 Å². The van der Waals surface area contributed by atoms with E-state index in [4.69, 9.17) is 20.9 Å². The molecule has 2 amide bonds. The number of nitrogens with two attached hydrogens (primary N) is 2. The van der Waals surface area contributed by atoms with Gasteiger partial charge in [0.2, 0.25) is 17.8 Å². The number of anilines is 2. The van der Waals surface area contributed by atoms with Gasteiger partial charge in [-0.25, -0.2) is 23.6 Å². The molecular weight excluding hydrogens is 677 g/mol. The van der Waals surface area contributed by atoms with Gasteiger partial charge in [-0.05, 0) is 49.8 Å². The number of hydrogen-bond acceptors (Lipinski definition) is 14. The van der Waals surface area contributed by atoms with E-state index in [1.165, 1.54) is 5.56 Å². The molecule has 6 rings (SSSR count). The van der Waals surface area contributed by atoms with E-state index in [2.05, 4.69) is 57.3 Å². The van der Waals surface area contributed by atoms with Crippen molar-refractivity contribution in [2.24, 2.45) is 11.5 Å². The van der Waals surface area contributed by atoms with Crippen LogP contribution in [0.15, 0.2) is 36.8 Å². The van der Waals surface area contributed by atoms with Crippen LogP contribution in [-0.4, -0.2) is 149 Å². The monoisotopic (exact) mass is 730 g/mol. The molecule has 16 heteroatoms. The lowest BCUT2D eigenvalue weighted by molar-refractivity contribution is -0.123. The molecule has 4 fully saturated rings. The number of amides is 2.